The van der Waals surface area contributed by atoms with Crippen LogP contribution in [0.1, 0.15) is 25.8 Å². The molecule has 0 unspecified atom stereocenters. The molecule has 0 saturated heterocycles. The lowest BCUT2D eigenvalue weighted by Crippen LogP contribution is -2.32. The first-order chi connectivity index (χ1) is 8.49. The van der Waals surface area contributed by atoms with Crippen LogP contribution in [-0.2, 0) is 6.42 Å². The molecule has 0 bridgehead atoms. The molecular weight excluding hydrogens is 292 g/mol. The zero-order chi connectivity index (χ0) is 12.9. The van der Waals surface area contributed by atoms with Crippen LogP contribution in [0.25, 0.3) is 10.8 Å². The van der Waals surface area contributed by atoms with Crippen molar-refractivity contribution in [2.24, 2.45) is 0 Å². The van der Waals surface area contributed by atoms with Gasteiger partial charge in [0.15, 0.2) is 0 Å². The molecule has 0 fully saturated rings. The predicted molar refractivity (Wildman–Crippen MR) is 76.3 cm³/mol. The van der Waals surface area contributed by atoms with Crippen LogP contribution in [0.2, 0.25) is 0 Å². The largest absolute Gasteiger partial charge is 0.506 e. The number of fused-ring (bicyclic) bond motifs is 3. The summed E-state index contributed by atoms with van der Waals surface area (Å²) in [4.78, 5) is 0. The first kappa shape index (κ1) is 11.8. The van der Waals surface area contributed by atoms with Crippen LogP contribution in [0.15, 0.2) is 28.7 Å². The van der Waals surface area contributed by atoms with Gasteiger partial charge in [-0.1, -0.05) is 24.3 Å². The van der Waals surface area contributed by atoms with Crippen molar-refractivity contribution in [2.45, 2.75) is 32.3 Å². The fourth-order valence-corrected chi connectivity index (χ4v) is 3.10. The highest BCUT2D eigenvalue weighted by molar-refractivity contribution is 9.10. The molecule has 18 heavy (non-hydrogen) atoms. The summed E-state index contributed by atoms with van der Waals surface area (Å²) in [6, 6.07) is 7.82. The third-order valence-corrected chi connectivity index (χ3v) is 4.38. The molecule has 94 valence electrons. The Kier molecular flexibility index (Phi) is 2.56. The monoisotopic (exact) mass is 306 g/mol. The van der Waals surface area contributed by atoms with Gasteiger partial charge < -0.3 is 9.84 Å². The number of benzene rings is 2. The Hall–Kier alpha value is -1.22. The standard InChI is InChI=1S/C15H15BrO2/c1-15(2)8-7-11-12(16)13(17)9-5-3-4-6-10(9)14(11)18-15/h3-6,17H,7-8H2,1-2H3. The summed E-state index contributed by atoms with van der Waals surface area (Å²) in [5, 5.41) is 12.1. The van der Waals surface area contributed by atoms with E-state index in [-0.39, 0.29) is 5.60 Å². The minimum atomic E-state index is -0.147. The molecule has 2 aromatic rings. The molecule has 3 rings (SSSR count). The van der Waals surface area contributed by atoms with Gasteiger partial charge in [0.2, 0.25) is 0 Å². The van der Waals surface area contributed by atoms with Crippen molar-refractivity contribution in [1.29, 1.82) is 0 Å². The normalized spacial score (nSPS) is 17.3. The van der Waals surface area contributed by atoms with E-state index in [0.717, 1.165) is 39.4 Å². The van der Waals surface area contributed by atoms with Gasteiger partial charge in [0.1, 0.15) is 17.1 Å². The molecule has 1 aliphatic rings. The third-order valence-electron chi connectivity index (χ3n) is 3.53. The van der Waals surface area contributed by atoms with Crippen molar-refractivity contribution >= 4 is 26.7 Å². The Morgan fingerprint density at radius 3 is 2.61 bits per heavy atom. The highest BCUT2D eigenvalue weighted by Crippen LogP contribution is 2.47. The Balaban J connectivity index is 2.37. The summed E-state index contributed by atoms with van der Waals surface area (Å²) in [6.07, 6.45) is 1.87. The molecular formula is C15H15BrO2. The second kappa shape index (κ2) is 3.89. The minimum Gasteiger partial charge on any atom is -0.506 e. The van der Waals surface area contributed by atoms with E-state index in [9.17, 15) is 5.11 Å². The molecule has 0 spiro atoms. The number of ether oxygens (including phenoxy) is 1. The van der Waals surface area contributed by atoms with Crippen LogP contribution in [0.4, 0.5) is 0 Å². The van der Waals surface area contributed by atoms with E-state index in [2.05, 4.69) is 29.8 Å². The molecule has 1 N–H and O–H groups in total. The van der Waals surface area contributed by atoms with Crippen molar-refractivity contribution in [3.8, 4) is 11.5 Å². The minimum absolute atomic E-state index is 0.147. The van der Waals surface area contributed by atoms with Crippen molar-refractivity contribution in [3.05, 3.63) is 34.3 Å². The van der Waals surface area contributed by atoms with Crippen LogP contribution in [-0.4, -0.2) is 10.7 Å². The van der Waals surface area contributed by atoms with E-state index in [4.69, 9.17) is 4.74 Å². The summed E-state index contributed by atoms with van der Waals surface area (Å²) >= 11 is 3.49. The molecule has 0 atom stereocenters. The number of hydrogen-bond acceptors (Lipinski definition) is 2. The van der Waals surface area contributed by atoms with Gasteiger partial charge in [-0.15, -0.1) is 0 Å². The third kappa shape index (κ3) is 1.69. The van der Waals surface area contributed by atoms with Crippen LogP contribution in [0, 0.1) is 0 Å². The Morgan fingerprint density at radius 1 is 1.22 bits per heavy atom. The maximum absolute atomic E-state index is 10.2. The van der Waals surface area contributed by atoms with Gasteiger partial charge >= 0.3 is 0 Å². The van der Waals surface area contributed by atoms with Crippen molar-refractivity contribution < 1.29 is 9.84 Å². The SMILES string of the molecule is CC1(C)CCc2c(Br)c(O)c3ccccc3c2O1. The van der Waals surface area contributed by atoms with Gasteiger partial charge in [0, 0.05) is 16.3 Å². The molecule has 2 aromatic carbocycles. The lowest BCUT2D eigenvalue weighted by atomic mass is 9.92. The van der Waals surface area contributed by atoms with Crippen LogP contribution in [0.3, 0.4) is 0 Å². The predicted octanol–water partition coefficient (Wildman–Crippen LogP) is 4.41. The lowest BCUT2D eigenvalue weighted by molar-refractivity contribution is 0.0864. The molecule has 0 aliphatic carbocycles. The zero-order valence-corrected chi connectivity index (χ0v) is 12.0. The molecule has 0 amide bonds. The van der Waals surface area contributed by atoms with E-state index in [1.54, 1.807) is 0 Å². The average Bonchev–Trinajstić information content (AvgIpc) is 2.35. The second-order valence-corrected chi connectivity index (χ2v) is 6.17. The van der Waals surface area contributed by atoms with Gasteiger partial charge in [-0.25, -0.2) is 0 Å². The van der Waals surface area contributed by atoms with E-state index < -0.39 is 0 Å². The molecule has 3 heteroatoms. The summed E-state index contributed by atoms with van der Waals surface area (Å²) in [5.74, 6) is 1.22. The fraction of sp³-hybridized carbons (Fsp3) is 0.333. The fourth-order valence-electron chi connectivity index (χ4n) is 2.50. The molecule has 0 radical (unpaired) electrons. The van der Waals surface area contributed by atoms with Crippen molar-refractivity contribution in [3.63, 3.8) is 0 Å². The Bertz CT molecular complexity index is 632. The van der Waals surface area contributed by atoms with Crippen LogP contribution in [0.5, 0.6) is 11.5 Å². The van der Waals surface area contributed by atoms with Crippen LogP contribution < -0.4 is 4.74 Å². The van der Waals surface area contributed by atoms with Crippen molar-refractivity contribution in [2.75, 3.05) is 0 Å². The van der Waals surface area contributed by atoms with Gasteiger partial charge in [0.25, 0.3) is 0 Å². The van der Waals surface area contributed by atoms with Gasteiger partial charge in [-0.3, -0.25) is 0 Å². The second-order valence-electron chi connectivity index (χ2n) is 5.38. The number of rotatable bonds is 0. The smallest absolute Gasteiger partial charge is 0.138 e. The Labute approximate surface area is 115 Å². The van der Waals surface area contributed by atoms with E-state index in [1.165, 1.54) is 0 Å². The molecule has 2 nitrogen and oxygen atoms in total. The van der Waals surface area contributed by atoms with Gasteiger partial charge in [-0.05, 0) is 42.6 Å². The number of hydrogen-bond donors (Lipinski definition) is 1. The van der Waals surface area contributed by atoms with Crippen LogP contribution >= 0.6 is 15.9 Å². The van der Waals surface area contributed by atoms with Crippen molar-refractivity contribution in [1.82, 2.24) is 0 Å². The molecule has 0 saturated carbocycles. The number of aromatic hydroxyl groups is 1. The van der Waals surface area contributed by atoms with Gasteiger partial charge in [-0.2, -0.15) is 0 Å². The first-order valence-corrected chi connectivity index (χ1v) is 6.90. The summed E-state index contributed by atoms with van der Waals surface area (Å²) < 4.78 is 6.90. The first-order valence-electron chi connectivity index (χ1n) is 6.11. The quantitative estimate of drug-likeness (QED) is 0.781. The van der Waals surface area contributed by atoms with E-state index >= 15 is 0 Å². The summed E-state index contributed by atoms with van der Waals surface area (Å²) in [7, 11) is 0. The van der Waals surface area contributed by atoms with Gasteiger partial charge in [0.05, 0.1) is 4.47 Å². The molecule has 1 heterocycles. The maximum atomic E-state index is 10.2. The topological polar surface area (TPSA) is 29.5 Å². The summed E-state index contributed by atoms with van der Waals surface area (Å²) in [5.41, 5.74) is 0.928. The number of phenols is 1. The molecule has 1 aliphatic heterocycles. The summed E-state index contributed by atoms with van der Waals surface area (Å²) in [6.45, 7) is 4.21. The maximum Gasteiger partial charge on any atom is 0.138 e. The highest BCUT2D eigenvalue weighted by atomic mass is 79.9. The van der Waals surface area contributed by atoms with E-state index in [0.29, 0.717) is 5.75 Å². The highest BCUT2D eigenvalue weighted by Gasteiger charge is 2.30. The number of halogens is 1. The molecule has 0 aromatic heterocycles. The average molecular weight is 307 g/mol. The zero-order valence-electron chi connectivity index (χ0n) is 10.5. The van der Waals surface area contributed by atoms with E-state index in [1.807, 2.05) is 24.3 Å². The number of phenolic OH excluding ortho intramolecular Hbond substituents is 1. The Morgan fingerprint density at radius 2 is 1.89 bits per heavy atom. The lowest BCUT2D eigenvalue weighted by Gasteiger charge is -2.34.